The average Bonchev–Trinajstić information content (AvgIpc) is 2.68. The van der Waals surface area contributed by atoms with Crippen molar-refractivity contribution in [2.45, 2.75) is 39.2 Å². The molecule has 1 amide bonds. The fourth-order valence-electron chi connectivity index (χ4n) is 2.51. The monoisotopic (exact) mass is 325 g/mol. The molecule has 1 aliphatic rings. The molecule has 1 aliphatic carbocycles. The molecule has 1 aromatic carbocycles. The van der Waals surface area contributed by atoms with Gasteiger partial charge in [-0.15, -0.1) is 0 Å². The van der Waals surface area contributed by atoms with Gasteiger partial charge in [-0.3, -0.25) is 4.79 Å². The second kappa shape index (κ2) is 5.95. The molecule has 0 saturated heterocycles. The molecule has 1 fully saturated rings. The van der Waals surface area contributed by atoms with Gasteiger partial charge in [-0.25, -0.2) is 0 Å². The number of halogens is 1. The third kappa shape index (κ3) is 4.53. The van der Waals surface area contributed by atoms with Gasteiger partial charge in [-0.1, -0.05) is 29.8 Å². The molecule has 19 heavy (non-hydrogen) atoms. The Morgan fingerprint density at radius 1 is 1.42 bits per heavy atom. The molecular weight excluding hydrogens is 306 g/mol. The van der Waals surface area contributed by atoms with E-state index < -0.39 is 0 Å². The van der Waals surface area contributed by atoms with Crippen molar-refractivity contribution >= 4 is 21.8 Å². The number of benzene rings is 1. The fourth-order valence-corrected chi connectivity index (χ4v) is 2.77. The lowest BCUT2D eigenvalue weighted by atomic mass is 9.92. The SMILES string of the molecule is CC1(C)CCC(NC(=O)COc2ccc(Br)cc2)C1. The number of ether oxygens (including phenoxy) is 1. The van der Waals surface area contributed by atoms with Crippen LogP contribution >= 0.6 is 15.9 Å². The van der Waals surface area contributed by atoms with Crippen LogP contribution in [-0.4, -0.2) is 18.6 Å². The molecule has 1 aromatic rings. The van der Waals surface area contributed by atoms with Crippen LogP contribution in [0, 0.1) is 5.41 Å². The van der Waals surface area contributed by atoms with E-state index >= 15 is 0 Å². The summed E-state index contributed by atoms with van der Waals surface area (Å²) in [5.74, 6) is 0.677. The van der Waals surface area contributed by atoms with E-state index in [-0.39, 0.29) is 12.5 Å². The van der Waals surface area contributed by atoms with Crippen LogP contribution in [0.15, 0.2) is 28.7 Å². The van der Waals surface area contributed by atoms with Gasteiger partial charge >= 0.3 is 0 Å². The van der Waals surface area contributed by atoms with Gasteiger partial charge in [0.25, 0.3) is 5.91 Å². The Balaban J connectivity index is 1.74. The first-order valence-electron chi connectivity index (χ1n) is 6.62. The highest BCUT2D eigenvalue weighted by atomic mass is 79.9. The van der Waals surface area contributed by atoms with Crippen molar-refractivity contribution in [1.29, 1.82) is 0 Å². The van der Waals surface area contributed by atoms with Crippen molar-refractivity contribution in [3.63, 3.8) is 0 Å². The van der Waals surface area contributed by atoms with Crippen LogP contribution in [0.5, 0.6) is 5.75 Å². The summed E-state index contributed by atoms with van der Waals surface area (Å²) in [6, 6.07) is 7.78. The Labute approximate surface area is 122 Å². The zero-order valence-corrected chi connectivity index (χ0v) is 13.0. The van der Waals surface area contributed by atoms with E-state index in [1.807, 2.05) is 24.3 Å². The number of rotatable bonds is 4. The number of hydrogen-bond acceptors (Lipinski definition) is 2. The summed E-state index contributed by atoms with van der Waals surface area (Å²) in [5.41, 5.74) is 0.352. The van der Waals surface area contributed by atoms with E-state index in [1.165, 1.54) is 6.42 Å². The standard InChI is InChI=1S/C15H20BrNO2/c1-15(2)8-7-12(9-15)17-14(18)10-19-13-5-3-11(16)4-6-13/h3-6,12H,7-10H2,1-2H3,(H,17,18). The maximum Gasteiger partial charge on any atom is 0.258 e. The smallest absolute Gasteiger partial charge is 0.258 e. The number of nitrogens with one attached hydrogen (secondary N) is 1. The van der Waals surface area contributed by atoms with E-state index in [1.54, 1.807) is 0 Å². The van der Waals surface area contributed by atoms with Crippen LogP contribution < -0.4 is 10.1 Å². The van der Waals surface area contributed by atoms with E-state index in [0.29, 0.717) is 17.2 Å². The second-order valence-electron chi connectivity index (χ2n) is 5.91. The van der Waals surface area contributed by atoms with Crippen LogP contribution in [0.3, 0.4) is 0 Å². The van der Waals surface area contributed by atoms with Crippen molar-refractivity contribution in [3.8, 4) is 5.75 Å². The first kappa shape index (κ1) is 14.4. The summed E-state index contributed by atoms with van der Waals surface area (Å²) in [6.45, 7) is 4.58. The molecule has 1 N–H and O–H groups in total. The largest absolute Gasteiger partial charge is 0.484 e. The summed E-state index contributed by atoms with van der Waals surface area (Å²) >= 11 is 3.36. The molecule has 2 rings (SSSR count). The molecule has 4 heteroatoms. The third-order valence-corrected chi connectivity index (χ3v) is 4.05. The molecule has 3 nitrogen and oxygen atoms in total. The van der Waals surface area contributed by atoms with E-state index in [4.69, 9.17) is 4.74 Å². The van der Waals surface area contributed by atoms with Crippen molar-refractivity contribution in [1.82, 2.24) is 5.32 Å². The molecule has 0 radical (unpaired) electrons. The lowest BCUT2D eigenvalue weighted by Gasteiger charge is -2.18. The molecular formula is C15H20BrNO2. The Kier molecular flexibility index (Phi) is 4.50. The first-order valence-corrected chi connectivity index (χ1v) is 7.42. The zero-order chi connectivity index (χ0) is 13.9. The molecule has 0 bridgehead atoms. The number of carbonyl (C=O) groups is 1. The predicted octanol–water partition coefficient (Wildman–Crippen LogP) is 3.52. The van der Waals surface area contributed by atoms with Crippen LogP contribution in [0.25, 0.3) is 0 Å². The van der Waals surface area contributed by atoms with E-state index in [9.17, 15) is 4.79 Å². The predicted molar refractivity (Wildman–Crippen MR) is 79.2 cm³/mol. The fraction of sp³-hybridized carbons (Fsp3) is 0.533. The second-order valence-corrected chi connectivity index (χ2v) is 6.83. The summed E-state index contributed by atoms with van der Waals surface area (Å²) in [6.07, 6.45) is 3.29. The lowest BCUT2D eigenvalue weighted by molar-refractivity contribution is -0.123. The minimum absolute atomic E-state index is 0.0365. The minimum Gasteiger partial charge on any atom is -0.484 e. The summed E-state index contributed by atoms with van der Waals surface area (Å²) < 4.78 is 6.45. The van der Waals surface area contributed by atoms with E-state index in [0.717, 1.165) is 17.3 Å². The summed E-state index contributed by atoms with van der Waals surface area (Å²) in [4.78, 5) is 11.8. The van der Waals surface area contributed by atoms with Gasteiger partial charge in [-0.2, -0.15) is 0 Å². The average molecular weight is 326 g/mol. The quantitative estimate of drug-likeness (QED) is 0.919. The maximum absolute atomic E-state index is 11.8. The highest BCUT2D eigenvalue weighted by Gasteiger charge is 2.31. The van der Waals surface area contributed by atoms with Crippen molar-refractivity contribution < 1.29 is 9.53 Å². The van der Waals surface area contributed by atoms with Crippen molar-refractivity contribution in [3.05, 3.63) is 28.7 Å². The van der Waals surface area contributed by atoms with Gasteiger partial charge in [0.1, 0.15) is 5.75 Å². The number of hydrogen-bond donors (Lipinski definition) is 1. The topological polar surface area (TPSA) is 38.3 Å². The lowest BCUT2D eigenvalue weighted by Crippen LogP contribution is -2.36. The Bertz CT molecular complexity index is 442. The van der Waals surface area contributed by atoms with Crippen molar-refractivity contribution in [2.24, 2.45) is 5.41 Å². The Morgan fingerprint density at radius 3 is 2.68 bits per heavy atom. The van der Waals surface area contributed by atoms with Gasteiger partial charge in [-0.05, 0) is 48.9 Å². The molecule has 1 unspecified atom stereocenters. The number of amides is 1. The van der Waals surface area contributed by atoms with Crippen LogP contribution in [0.4, 0.5) is 0 Å². The molecule has 0 spiro atoms. The number of carbonyl (C=O) groups excluding carboxylic acids is 1. The van der Waals surface area contributed by atoms with E-state index in [2.05, 4.69) is 35.1 Å². The minimum atomic E-state index is -0.0365. The Hall–Kier alpha value is -1.03. The molecule has 1 saturated carbocycles. The molecule has 0 heterocycles. The van der Waals surface area contributed by atoms with Gasteiger partial charge < -0.3 is 10.1 Å². The van der Waals surface area contributed by atoms with Crippen molar-refractivity contribution in [2.75, 3.05) is 6.61 Å². The zero-order valence-electron chi connectivity index (χ0n) is 11.4. The molecule has 0 aliphatic heterocycles. The third-order valence-electron chi connectivity index (χ3n) is 3.52. The Morgan fingerprint density at radius 2 is 2.11 bits per heavy atom. The van der Waals surface area contributed by atoms with Crippen LogP contribution in [0.2, 0.25) is 0 Å². The van der Waals surface area contributed by atoms with Crippen LogP contribution in [0.1, 0.15) is 33.1 Å². The molecule has 1 atom stereocenters. The van der Waals surface area contributed by atoms with Gasteiger partial charge in [0, 0.05) is 10.5 Å². The van der Waals surface area contributed by atoms with Gasteiger partial charge in [0.15, 0.2) is 6.61 Å². The first-order chi connectivity index (χ1) is 8.94. The molecule has 0 aromatic heterocycles. The highest BCUT2D eigenvalue weighted by Crippen LogP contribution is 2.36. The molecule has 104 valence electrons. The maximum atomic E-state index is 11.8. The summed E-state index contributed by atoms with van der Waals surface area (Å²) in [7, 11) is 0. The van der Waals surface area contributed by atoms with Gasteiger partial charge in [0.2, 0.25) is 0 Å². The highest BCUT2D eigenvalue weighted by molar-refractivity contribution is 9.10. The normalized spacial score (nSPS) is 21.1. The van der Waals surface area contributed by atoms with Crippen LogP contribution in [-0.2, 0) is 4.79 Å². The summed E-state index contributed by atoms with van der Waals surface area (Å²) in [5, 5.41) is 3.04. The van der Waals surface area contributed by atoms with Gasteiger partial charge in [0.05, 0.1) is 0 Å².